The summed E-state index contributed by atoms with van der Waals surface area (Å²) >= 11 is 0. The number of carbonyl (C=O) groups is 1. The van der Waals surface area contributed by atoms with Gasteiger partial charge in [-0.1, -0.05) is 24.3 Å². The molecule has 0 saturated carbocycles. The molecule has 0 spiro atoms. The first kappa shape index (κ1) is 20.2. The minimum absolute atomic E-state index is 0.260. The molecule has 150 valence electrons. The molecule has 0 aliphatic heterocycles. The van der Waals surface area contributed by atoms with Crippen molar-refractivity contribution in [1.29, 1.82) is 0 Å². The van der Waals surface area contributed by atoms with E-state index >= 15 is 0 Å². The number of amides is 1. The van der Waals surface area contributed by atoms with Gasteiger partial charge >= 0.3 is 6.18 Å². The molecule has 3 rings (SSSR count). The Kier molecular flexibility index (Phi) is 6.33. The summed E-state index contributed by atoms with van der Waals surface area (Å²) in [5.41, 5.74) is 0.248. The first-order chi connectivity index (χ1) is 13.9. The Balaban J connectivity index is 1.56. The molecule has 1 N–H and O–H groups in total. The van der Waals surface area contributed by atoms with E-state index in [4.69, 9.17) is 9.47 Å². The van der Waals surface area contributed by atoms with Gasteiger partial charge in [-0.05, 0) is 36.4 Å². The van der Waals surface area contributed by atoms with Crippen LogP contribution in [-0.4, -0.2) is 17.5 Å². The molecule has 0 aliphatic rings. The molecule has 1 amide bonds. The van der Waals surface area contributed by atoms with Crippen molar-refractivity contribution in [3.8, 4) is 11.5 Å². The largest absolute Gasteiger partial charge is 0.487 e. The van der Waals surface area contributed by atoms with E-state index in [1.807, 2.05) is 12.1 Å². The van der Waals surface area contributed by atoms with Gasteiger partial charge in [0.15, 0.2) is 6.61 Å². The maximum atomic E-state index is 13.0. The number of para-hydroxylation sites is 1. The van der Waals surface area contributed by atoms with E-state index in [-0.39, 0.29) is 6.61 Å². The van der Waals surface area contributed by atoms with Gasteiger partial charge in [0.2, 0.25) is 0 Å². The first-order valence-corrected chi connectivity index (χ1v) is 8.63. The van der Waals surface area contributed by atoms with Crippen molar-refractivity contribution in [2.24, 2.45) is 0 Å². The van der Waals surface area contributed by atoms with Gasteiger partial charge in [-0.15, -0.1) is 0 Å². The van der Waals surface area contributed by atoms with Gasteiger partial charge in [-0.3, -0.25) is 9.78 Å². The molecule has 0 atom stereocenters. The fourth-order valence-corrected chi connectivity index (χ4v) is 2.47. The number of pyridine rings is 1. The van der Waals surface area contributed by atoms with Crippen LogP contribution in [0.2, 0.25) is 0 Å². The van der Waals surface area contributed by atoms with Gasteiger partial charge in [-0.25, -0.2) is 0 Å². The van der Waals surface area contributed by atoms with Crippen molar-refractivity contribution in [1.82, 2.24) is 4.98 Å². The predicted molar refractivity (Wildman–Crippen MR) is 101 cm³/mol. The second kappa shape index (κ2) is 9.09. The molecule has 0 fully saturated rings. The van der Waals surface area contributed by atoms with Crippen LogP contribution in [0.4, 0.5) is 18.9 Å². The van der Waals surface area contributed by atoms with Crippen molar-refractivity contribution in [2.75, 3.05) is 11.9 Å². The number of hydrogen-bond donors (Lipinski definition) is 1. The van der Waals surface area contributed by atoms with Gasteiger partial charge in [-0.2, -0.15) is 13.2 Å². The molecule has 0 bridgehead atoms. The van der Waals surface area contributed by atoms with Crippen LogP contribution in [0, 0.1) is 0 Å². The number of ether oxygens (including phenoxy) is 2. The number of alkyl halides is 3. The zero-order valence-corrected chi connectivity index (χ0v) is 15.1. The smallest absolute Gasteiger partial charge is 0.419 e. The summed E-state index contributed by atoms with van der Waals surface area (Å²) in [6.45, 7) is -0.304. The van der Waals surface area contributed by atoms with Crippen molar-refractivity contribution in [2.45, 2.75) is 12.8 Å². The minimum Gasteiger partial charge on any atom is -0.487 e. The lowest BCUT2D eigenvalue weighted by Crippen LogP contribution is -2.21. The summed E-state index contributed by atoms with van der Waals surface area (Å²) in [6, 6.07) is 16.8. The molecule has 0 radical (unpaired) electrons. The highest BCUT2D eigenvalue weighted by molar-refractivity contribution is 5.92. The third-order valence-electron chi connectivity index (χ3n) is 3.78. The highest BCUT2D eigenvalue weighted by Gasteiger charge is 2.34. The molecule has 0 saturated heterocycles. The summed E-state index contributed by atoms with van der Waals surface area (Å²) < 4.78 is 49.6. The number of aromatic nitrogens is 1. The molecule has 5 nitrogen and oxygen atoms in total. The molecule has 0 aliphatic carbocycles. The lowest BCUT2D eigenvalue weighted by atomic mass is 10.2. The van der Waals surface area contributed by atoms with Gasteiger partial charge in [0.05, 0.1) is 11.3 Å². The zero-order valence-electron chi connectivity index (χ0n) is 15.1. The van der Waals surface area contributed by atoms with Crippen LogP contribution in [0.3, 0.4) is 0 Å². The normalized spacial score (nSPS) is 11.0. The van der Waals surface area contributed by atoms with Crippen LogP contribution in [0.15, 0.2) is 72.9 Å². The summed E-state index contributed by atoms with van der Waals surface area (Å²) in [5.74, 6) is -0.483. The van der Waals surface area contributed by atoms with Crippen LogP contribution >= 0.6 is 0 Å². The lowest BCUT2D eigenvalue weighted by molar-refractivity contribution is -0.139. The average Bonchev–Trinajstić information content (AvgIpc) is 2.71. The topological polar surface area (TPSA) is 60.5 Å². The standard InChI is InChI=1S/C21H17F3N2O3/c22-21(23,24)18-9-1-2-10-19(18)29-14-20(27)26-15-7-5-8-17(12-15)28-13-16-6-3-4-11-25-16/h1-12H,13-14H2,(H,26,27). The number of halogens is 3. The Morgan fingerprint density at radius 1 is 0.966 bits per heavy atom. The summed E-state index contributed by atoms with van der Waals surface area (Å²) in [4.78, 5) is 16.2. The van der Waals surface area contributed by atoms with E-state index in [9.17, 15) is 18.0 Å². The number of benzene rings is 2. The van der Waals surface area contributed by atoms with E-state index in [1.54, 1.807) is 36.5 Å². The Labute approximate surface area is 165 Å². The number of hydrogen-bond acceptors (Lipinski definition) is 4. The Morgan fingerprint density at radius 3 is 2.52 bits per heavy atom. The third-order valence-corrected chi connectivity index (χ3v) is 3.78. The second-order valence-electron chi connectivity index (χ2n) is 5.97. The fraction of sp³-hybridized carbons (Fsp3) is 0.143. The van der Waals surface area contributed by atoms with E-state index < -0.39 is 30.0 Å². The van der Waals surface area contributed by atoms with Crippen LogP contribution in [-0.2, 0) is 17.6 Å². The van der Waals surface area contributed by atoms with Gasteiger partial charge in [0, 0.05) is 18.0 Å². The number of nitrogens with one attached hydrogen (secondary N) is 1. The maximum absolute atomic E-state index is 13.0. The van der Waals surface area contributed by atoms with Crippen molar-refractivity contribution in [3.05, 3.63) is 84.2 Å². The average molecular weight is 402 g/mol. The molecule has 8 heteroatoms. The van der Waals surface area contributed by atoms with Gasteiger partial charge in [0.25, 0.3) is 5.91 Å². The monoisotopic (exact) mass is 402 g/mol. The SMILES string of the molecule is O=C(COc1ccccc1C(F)(F)F)Nc1cccc(OCc2ccccn2)c1. The van der Waals surface area contributed by atoms with Crippen molar-refractivity contribution in [3.63, 3.8) is 0 Å². The zero-order chi connectivity index (χ0) is 20.7. The lowest BCUT2D eigenvalue weighted by Gasteiger charge is -2.14. The molecule has 1 aromatic heterocycles. The van der Waals surface area contributed by atoms with Crippen LogP contribution in [0.1, 0.15) is 11.3 Å². The summed E-state index contributed by atoms with van der Waals surface area (Å²) in [5, 5.41) is 2.57. The van der Waals surface area contributed by atoms with E-state index in [2.05, 4.69) is 10.3 Å². The van der Waals surface area contributed by atoms with Crippen molar-refractivity contribution < 1.29 is 27.4 Å². The molecule has 0 unspecified atom stereocenters. The number of rotatable bonds is 7. The van der Waals surface area contributed by atoms with E-state index in [1.165, 1.54) is 18.2 Å². The fourth-order valence-electron chi connectivity index (χ4n) is 2.47. The molecule has 2 aromatic carbocycles. The van der Waals surface area contributed by atoms with E-state index in [0.29, 0.717) is 11.4 Å². The Morgan fingerprint density at radius 2 is 1.76 bits per heavy atom. The molecular formula is C21H17F3N2O3. The number of anilines is 1. The van der Waals surface area contributed by atoms with E-state index in [0.717, 1.165) is 11.8 Å². The van der Waals surface area contributed by atoms with Crippen LogP contribution in [0.5, 0.6) is 11.5 Å². The highest BCUT2D eigenvalue weighted by atomic mass is 19.4. The quantitative estimate of drug-likeness (QED) is 0.623. The molecule has 1 heterocycles. The predicted octanol–water partition coefficient (Wildman–Crippen LogP) is 4.70. The van der Waals surface area contributed by atoms with Gasteiger partial charge in [0.1, 0.15) is 18.1 Å². The highest BCUT2D eigenvalue weighted by Crippen LogP contribution is 2.35. The molecular weight excluding hydrogens is 385 g/mol. The Hall–Kier alpha value is -3.55. The first-order valence-electron chi connectivity index (χ1n) is 8.63. The van der Waals surface area contributed by atoms with Crippen LogP contribution < -0.4 is 14.8 Å². The minimum atomic E-state index is -4.56. The number of nitrogens with zero attached hydrogens (tertiary/aromatic N) is 1. The number of carbonyl (C=O) groups excluding carboxylic acids is 1. The molecule has 29 heavy (non-hydrogen) atoms. The summed E-state index contributed by atoms with van der Waals surface area (Å²) in [6.07, 6.45) is -2.90. The van der Waals surface area contributed by atoms with Gasteiger partial charge < -0.3 is 14.8 Å². The maximum Gasteiger partial charge on any atom is 0.419 e. The Bertz CT molecular complexity index is 963. The van der Waals surface area contributed by atoms with Crippen molar-refractivity contribution >= 4 is 11.6 Å². The van der Waals surface area contributed by atoms with Crippen LogP contribution in [0.25, 0.3) is 0 Å². The molecule has 3 aromatic rings. The second-order valence-corrected chi connectivity index (χ2v) is 5.97. The third kappa shape index (κ3) is 5.97. The summed E-state index contributed by atoms with van der Waals surface area (Å²) in [7, 11) is 0.